The van der Waals surface area contributed by atoms with E-state index in [4.69, 9.17) is 0 Å². The average Bonchev–Trinajstić information content (AvgIpc) is 2.19. The molecule has 0 bridgehead atoms. The molecule has 3 nitrogen and oxygen atoms in total. The van der Waals surface area contributed by atoms with Gasteiger partial charge in [0.05, 0.1) is 12.0 Å². The zero-order valence-electron chi connectivity index (χ0n) is 8.97. The van der Waals surface area contributed by atoms with E-state index in [-0.39, 0.29) is 5.56 Å². The van der Waals surface area contributed by atoms with Crippen molar-refractivity contribution in [1.82, 2.24) is 9.97 Å². The molecular formula is C11H18N2O. The van der Waals surface area contributed by atoms with Crippen LogP contribution in [-0.4, -0.2) is 9.97 Å². The number of rotatable bonds is 5. The number of hydrogen-bond donors (Lipinski definition) is 1. The van der Waals surface area contributed by atoms with Crippen LogP contribution in [0.3, 0.4) is 0 Å². The molecule has 0 atom stereocenters. The zero-order chi connectivity index (χ0) is 10.4. The van der Waals surface area contributed by atoms with E-state index in [1.165, 1.54) is 6.33 Å². The summed E-state index contributed by atoms with van der Waals surface area (Å²) in [6, 6.07) is 0. The maximum absolute atomic E-state index is 11.5. The minimum atomic E-state index is 0.0351. The topological polar surface area (TPSA) is 45.8 Å². The van der Waals surface area contributed by atoms with Crippen LogP contribution in [0, 0.1) is 0 Å². The van der Waals surface area contributed by atoms with E-state index in [1.807, 2.05) is 0 Å². The Labute approximate surface area is 84.6 Å². The fourth-order valence-electron chi connectivity index (χ4n) is 1.53. The van der Waals surface area contributed by atoms with Crippen molar-refractivity contribution >= 4 is 0 Å². The summed E-state index contributed by atoms with van der Waals surface area (Å²) in [6.45, 7) is 4.22. The summed E-state index contributed by atoms with van der Waals surface area (Å²) in [5.74, 6) is 0. The molecule has 0 fully saturated rings. The van der Waals surface area contributed by atoms with Crippen molar-refractivity contribution in [3.63, 3.8) is 0 Å². The third-order valence-electron chi connectivity index (χ3n) is 2.31. The second kappa shape index (κ2) is 5.58. The van der Waals surface area contributed by atoms with E-state index < -0.39 is 0 Å². The smallest absolute Gasteiger partial charge is 0.254 e. The zero-order valence-corrected chi connectivity index (χ0v) is 8.97. The standard InChI is InChI=1S/C11H18N2O/c1-3-5-7-10-9(6-4-2)11(14)13-8-12-10/h8H,3-7H2,1-2H3,(H,12,13,14). The molecule has 0 radical (unpaired) electrons. The van der Waals surface area contributed by atoms with Crippen molar-refractivity contribution in [3.8, 4) is 0 Å². The molecule has 1 aromatic rings. The number of hydrogen-bond acceptors (Lipinski definition) is 2. The molecule has 3 heteroatoms. The Hall–Kier alpha value is -1.12. The largest absolute Gasteiger partial charge is 0.313 e. The van der Waals surface area contributed by atoms with Gasteiger partial charge >= 0.3 is 0 Å². The van der Waals surface area contributed by atoms with E-state index in [0.717, 1.165) is 43.4 Å². The van der Waals surface area contributed by atoms with Crippen molar-refractivity contribution < 1.29 is 0 Å². The summed E-state index contributed by atoms with van der Waals surface area (Å²) in [5.41, 5.74) is 1.90. The van der Waals surface area contributed by atoms with Gasteiger partial charge in [-0.2, -0.15) is 0 Å². The summed E-state index contributed by atoms with van der Waals surface area (Å²) in [5, 5.41) is 0. The van der Waals surface area contributed by atoms with E-state index in [1.54, 1.807) is 0 Å². The third kappa shape index (κ3) is 2.69. The Morgan fingerprint density at radius 1 is 1.29 bits per heavy atom. The summed E-state index contributed by atoms with van der Waals surface area (Å²) in [4.78, 5) is 18.4. The highest BCUT2D eigenvalue weighted by atomic mass is 16.1. The Balaban J connectivity index is 2.89. The van der Waals surface area contributed by atoms with Gasteiger partial charge in [-0.25, -0.2) is 4.98 Å². The molecule has 0 aliphatic carbocycles. The Morgan fingerprint density at radius 2 is 2.07 bits per heavy atom. The highest BCUT2D eigenvalue weighted by Crippen LogP contribution is 2.06. The van der Waals surface area contributed by atoms with Gasteiger partial charge in [0, 0.05) is 5.56 Å². The number of nitrogens with zero attached hydrogens (tertiary/aromatic N) is 1. The van der Waals surface area contributed by atoms with Crippen LogP contribution in [0.25, 0.3) is 0 Å². The van der Waals surface area contributed by atoms with Crippen LogP contribution in [0.2, 0.25) is 0 Å². The Kier molecular flexibility index (Phi) is 4.36. The van der Waals surface area contributed by atoms with Gasteiger partial charge in [-0.05, 0) is 19.3 Å². The van der Waals surface area contributed by atoms with E-state index in [9.17, 15) is 4.79 Å². The number of nitrogens with one attached hydrogen (secondary N) is 1. The van der Waals surface area contributed by atoms with Crippen molar-refractivity contribution in [2.24, 2.45) is 0 Å². The molecule has 0 aliphatic rings. The van der Waals surface area contributed by atoms with Gasteiger partial charge in [0.15, 0.2) is 0 Å². The molecule has 1 heterocycles. The summed E-state index contributed by atoms with van der Waals surface area (Å²) in [6.07, 6.45) is 6.51. The predicted octanol–water partition coefficient (Wildman–Crippen LogP) is 2.06. The van der Waals surface area contributed by atoms with Crippen molar-refractivity contribution in [3.05, 3.63) is 27.9 Å². The predicted molar refractivity (Wildman–Crippen MR) is 57.5 cm³/mol. The fraction of sp³-hybridized carbons (Fsp3) is 0.636. The van der Waals surface area contributed by atoms with Crippen LogP contribution in [0.5, 0.6) is 0 Å². The minimum absolute atomic E-state index is 0.0351. The molecule has 0 saturated heterocycles. The summed E-state index contributed by atoms with van der Waals surface area (Å²) in [7, 11) is 0. The fourth-order valence-corrected chi connectivity index (χ4v) is 1.53. The van der Waals surface area contributed by atoms with Gasteiger partial charge in [0.25, 0.3) is 5.56 Å². The third-order valence-corrected chi connectivity index (χ3v) is 2.31. The number of aromatic nitrogens is 2. The Morgan fingerprint density at radius 3 is 2.71 bits per heavy atom. The molecule has 14 heavy (non-hydrogen) atoms. The van der Waals surface area contributed by atoms with Gasteiger partial charge < -0.3 is 4.98 Å². The van der Waals surface area contributed by atoms with Crippen molar-refractivity contribution in [2.45, 2.75) is 46.0 Å². The second-order valence-corrected chi connectivity index (χ2v) is 3.51. The van der Waals surface area contributed by atoms with E-state index in [0.29, 0.717) is 0 Å². The monoisotopic (exact) mass is 194 g/mol. The quantitative estimate of drug-likeness (QED) is 0.779. The summed E-state index contributed by atoms with van der Waals surface area (Å²) < 4.78 is 0. The van der Waals surface area contributed by atoms with Crippen molar-refractivity contribution in [2.75, 3.05) is 0 Å². The molecule has 78 valence electrons. The highest BCUT2D eigenvalue weighted by molar-refractivity contribution is 5.16. The lowest BCUT2D eigenvalue weighted by molar-refractivity contribution is 0.747. The molecule has 1 aromatic heterocycles. The number of unbranched alkanes of at least 4 members (excludes halogenated alkanes) is 1. The first-order chi connectivity index (χ1) is 6.79. The van der Waals surface area contributed by atoms with Gasteiger partial charge in [-0.15, -0.1) is 0 Å². The van der Waals surface area contributed by atoms with Crippen LogP contribution in [0.4, 0.5) is 0 Å². The number of aryl methyl sites for hydroxylation is 1. The molecule has 0 spiro atoms. The van der Waals surface area contributed by atoms with Crippen LogP contribution in [-0.2, 0) is 12.8 Å². The van der Waals surface area contributed by atoms with E-state index >= 15 is 0 Å². The van der Waals surface area contributed by atoms with Gasteiger partial charge in [-0.1, -0.05) is 26.7 Å². The van der Waals surface area contributed by atoms with Crippen LogP contribution < -0.4 is 5.56 Å². The first kappa shape index (κ1) is 11.0. The summed E-state index contributed by atoms with van der Waals surface area (Å²) >= 11 is 0. The normalized spacial score (nSPS) is 10.4. The molecule has 0 unspecified atom stereocenters. The van der Waals surface area contributed by atoms with E-state index in [2.05, 4.69) is 23.8 Å². The molecule has 1 rings (SSSR count). The maximum atomic E-state index is 11.5. The highest BCUT2D eigenvalue weighted by Gasteiger charge is 2.06. The Bertz CT molecular complexity index is 330. The lowest BCUT2D eigenvalue weighted by atomic mass is 10.1. The lowest BCUT2D eigenvalue weighted by Gasteiger charge is -2.04. The van der Waals surface area contributed by atoms with Crippen LogP contribution in [0.15, 0.2) is 11.1 Å². The SMILES string of the molecule is CCCCc1nc[nH]c(=O)c1CCC. The molecule has 0 aliphatic heterocycles. The maximum Gasteiger partial charge on any atom is 0.254 e. The molecular weight excluding hydrogens is 176 g/mol. The molecule has 0 amide bonds. The average molecular weight is 194 g/mol. The molecule has 1 N–H and O–H groups in total. The first-order valence-electron chi connectivity index (χ1n) is 5.35. The van der Waals surface area contributed by atoms with Gasteiger partial charge in [0.1, 0.15) is 0 Å². The lowest BCUT2D eigenvalue weighted by Crippen LogP contribution is -2.16. The first-order valence-corrected chi connectivity index (χ1v) is 5.35. The van der Waals surface area contributed by atoms with Crippen LogP contribution >= 0.6 is 0 Å². The van der Waals surface area contributed by atoms with Gasteiger partial charge in [-0.3, -0.25) is 4.79 Å². The van der Waals surface area contributed by atoms with Crippen molar-refractivity contribution in [1.29, 1.82) is 0 Å². The number of aromatic amines is 1. The van der Waals surface area contributed by atoms with Gasteiger partial charge in [0.2, 0.25) is 0 Å². The number of H-pyrrole nitrogens is 1. The van der Waals surface area contributed by atoms with Crippen LogP contribution in [0.1, 0.15) is 44.4 Å². The molecule has 0 aromatic carbocycles. The second-order valence-electron chi connectivity index (χ2n) is 3.51. The minimum Gasteiger partial charge on any atom is -0.313 e. The molecule has 0 saturated carbocycles.